The van der Waals surface area contributed by atoms with Crippen molar-refractivity contribution in [2.75, 3.05) is 6.16 Å². The van der Waals surface area contributed by atoms with E-state index >= 15 is 0 Å². The van der Waals surface area contributed by atoms with Gasteiger partial charge in [-0.25, -0.2) is 0 Å². The van der Waals surface area contributed by atoms with Crippen LogP contribution in [-0.2, 0) is 4.57 Å². The lowest BCUT2D eigenvalue weighted by atomic mass is 10.4. The van der Waals surface area contributed by atoms with Gasteiger partial charge in [-0.3, -0.25) is 4.57 Å². The normalized spacial score (nSPS) is 36.6. The van der Waals surface area contributed by atoms with Crippen molar-refractivity contribution in [3.05, 3.63) is 12.7 Å². The van der Waals surface area contributed by atoms with Crippen LogP contribution in [0.15, 0.2) is 12.7 Å². The molecule has 1 rings (SSSR count). The third-order valence-corrected chi connectivity index (χ3v) is 4.62. The van der Waals surface area contributed by atoms with Gasteiger partial charge in [0, 0.05) is 11.8 Å². The maximum atomic E-state index is 11.2. The molecular formula is C7H13O2P. The summed E-state index contributed by atoms with van der Waals surface area (Å²) in [5.41, 5.74) is 0.0370. The van der Waals surface area contributed by atoms with Crippen LogP contribution in [0.3, 0.4) is 0 Å². The minimum atomic E-state index is -2.78. The second-order valence-corrected chi connectivity index (χ2v) is 5.58. The molecule has 1 N–H and O–H groups in total. The number of hydrogen-bond donors (Lipinski definition) is 1. The minimum Gasteiger partial charge on any atom is -0.344 e. The average Bonchev–Trinajstić information content (AvgIpc) is 2.66. The van der Waals surface area contributed by atoms with E-state index in [1.54, 1.807) is 13.0 Å². The zero-order valence-corrected chi connectivity index (χ0v) is 7.05. The van der Waals surface area contributed by atoms with Crippen molar-refractivity contribution < 1.29 is 9.46 Å². The molecule has 1 saturated carbocycles. The number of hydrogen-bond acceptors (Lipinski definition) is 1. The summed E-state index contributed by atoms with van der Waals surface area (Å²) >= 11 is 0. The zero-order valence-electron chi connectivity index (χ0n) is 6.16. The summed E-state index contributed by atoms with van der Waals surface area (Å²) in [5.74, 6) is 0.316. The average molecular weight is 160 g/mol. The molecule has 1 fully saturated rings. The molecule has 0 aliphatic heterocycles. The van der Waals surface area contributed by atoms with E-state index in [-0.39, 0.29) is 5.66 Å². The minimum absolute atomic E-state index is 0.0370. The molecule has 3 atom stereocenters. The Hall–Kier alpha value is -0.0700. The maximum absolute atomic E-state index is 11.2. The summed E-state index contributed by atoms with van der Waals surface area (Å²) in [4.78, 5) is 9.27. The molecule has 0 aromatic rings. The van der Waals surface area contributed by atoms with Crippen LogP contribution in [0.2, 0.25) is 0 Å². The molecule has 0 amide bonds. The van der Waals surface area contributed by atoms with Crippen LogP contribution in [0.4, 0.5) is 0 Å². The number of rotatable bonds is 3. The fourth-order valence-corrected chi connectivity index (χ4v) is 2.91. The van der Waals surface area contributed by atoms with Gasteiger partial charge in [-0.15, -0.1) is 6.58 Å². The largest absolute Gasteiger partial charge is 0.344 e. The molecule has 58 valence electrons. The van der Waals surface area contributed by atoms with Gasteiger partial charge in [0.05, 0.1) is 0 Å². The van der Waals surface area contributed by atoms with Crippen LogP contribution in [0, 0.1) is 5.92 Å². The predicted octanol–water partition coefficient (Wildman–Crippen LogP) is 1.85. The topological polar surface area (TPSA) is 37.3 Å². The smallest absolute Gasteiger partial charge is 0.203 e. The Kier molecular flexibility index (Phi) is 2.02. The molecule has 0 aromatic heterocycles. The second kappa shape index (κ2) is 2.52. The van der Waals surface area contributed by atoms with E-state index in [2.05, 4.69) is 6.58 Å². The van der Waals surface area contributed by atoms with Crippen molar-refractivity contribution in [2.45, 2.75) is 19.0 Å². The summed E-state index contributed by atoms with van der Waals surface area (Å²) in [6.07, 6.45) is 3.05. The molecule has 0 bridgehead atoms. The molecule has 3 heteroatoms. The Bertz CT molecular complexity index is 188. The predicted molar refractivity (Wildman–Crippen MR) is 42.5 cm³/mol. The fraction of sp³-hybridized carbons (Fsp3) is 0.714. The van der Waals surface area contributed by atoms with Gasteiger partial charge in [-0.2, -0.15) is 0 Å². The van der Waals surface area contributed by atoms with Crippen LogP contribution in [-0.4, -0.2) is 16.7 Å². The summed E-state index contributed by atoms with van der Waals surface area (Å²) in [6, 6.07) is 0. The molecule has 1 aliphatic carbocycles. The first-order chi connectivity index (χ1) is 4.61. The second-order valence-electron chi connectivity index (χ2n) is 2.77. The van der Waals surface area contributed by atoms with E-state index in [0.29, 0.717) is 12.1 Å². The highest BCUT2D eigenvalue weighted by molar-refractivity contribution is 7.59. The first kappa shape index (κ1) is 8.03. The number of allylic oxidation sites excluding steroid dienone is 1. The molecule has 0 spiro atoms. The molecule has 2 nitrogen and oxygen atoms in total. The lowest BCUT2D eigenvalue weighted by Gasteiger charge is -2.05. The van der Waals surface area contributed by atoms with Gasteiger partial charge in [0.25, 0.3) is 0 Å². The third-order valence-electron chi connectivity index (χ3n) is 2.08. The molecular weight excluding hydrogens is 147 g/mol. The van der Waals surface area contributed by atoms with E-state index < -0.39 is 7.37 Å². The summed E-state index contributed by atoms with van der Waals surface area (Å²) in [6.45, 7) is 5.35. The van der Waals surface area contributed by atoms with Crippen molar-refractivity contribution in [3.63, 3.8) is 0 Å². The monoisotopic (exact) mass is 160 g/mol. The van der Waals surface area contributed by atoms with E-state index in [4.69, 9.17) is 0 Å². The van der Waals surface area contributed by atoms with Crippen molar-refractivity contribution in [1.29, 1.82) is 0 Å². The fourth-order valence-electron chi connectivity index (χ4n) is 1.15. The summed E-state index contributed by atoms with van der Waals surface area (Å²) < 4.78 is 11.2. The summed E-state index contributed by atoms with van der Waals surface area (Å²) in [7, 11) is -2.78. The van der Waals surface area contributed by atoms with Gasteiger partial charge in [0.15, 0.2) is 0 Å². The van der Waals surface area contributed by atoms with E-state index in [0.717, 1.165) is 6.42 Å². The van der Waals surface area contributed by atoms with Gasteiger partial charge in [-0.05, 0) is 12.3 Å². The summed E-state index contributed by atoms with van der Waals surface area (Å²) in [5, 5.41) is 0. The first-order valence-corrected chi connectivity index (χ1v) is 5.47. The van der Waals surface area contributed by atoms with Crippen LogP contribution in [0.25, 0.3) is 0 Å². The quantitative estimate of drug-likeness (QED) is 0.505. The van der Waals surface area contributed by atoms with Gasteiger partial charge >= 0.3 is 0 Å². The van der Waals surface area contributed by atoms with Gasteiger partial charge in [0.1, 0.15) is 0 Å². The highest BCUT2D eigenvalue weighted by Crippen LogP contribution is 2.60. The Morgan fingerprint density at radius 3 is 2.80 bits per heavy atom. The molecule has 1 aliphatic rings. The molecule has 1 unspecified atom stereocenters. The molecule has 0 heterocycles. The third kappa shape index (κ3) is 1.33. The van der Waals surface area contributed by atoms with Crippen LogP contribution in [0.5, 0.6) is 0 Å². The van der Waals surface area contributed by atoms with Crippen molar-refractivity contribution in [3.8, 4) is 0 Å². The Labute approximate surface area is 61.4 Å². The zero-order chi connectivity index (χ0) is 7.78. The first-order valence-electron chi connectivity index (χ1n) is 3.56. The highest BCUT2D eigenvalue weighted by atomic mass is 31.2. The lowest BCUT2D eigenvalue weighted by Crippen LogP contribution is -1.92. The molecule has 0 aromatic carbocycles. The van der Waals surface area contributed by atoms with Gasteiger partial charge < -0.3 is 4.89 Å². The van der Waals surface area contributed by atoms with E-state index in [9.17, 15) is 9.46 Å². The van der Waals surface area contributed by atoms with Crippen LogP contribution in [0.1, 0.15) is 13.3 Å². The van der Waals surface area contributed by atoms with Gasteiger partial charge in [0.2, 0.25) is 7.37 Å². The lowest BCUT2D eigenvalue weighted by molar-refractivity contribution is 0.476. The van der Waals surface area contributed by atoms with Crippen molar-refractivity contribution in [1.82, 2.24) is 0 Å². The van der Waals surface area contributed by atoms with Crippen molar-refractivity contribution >= 4 is 7.37 Å². The molecule has 10 heavy (non-hydrogen) atoms. The van der Waals surface area contributed by atoms with Gasteiger partial charge in [-0.1, -0.05) is 13.0 Å². The Morgan fingerprint density at radius 1 is 1.90 bits per heavy atom. The van der Waals surface area contributed by atoms with E-state index in [1.807, 2.05) is 0 Å². The highest BCUT2D eigenvalue weighted by Gasteiger charge is 2.46. The van der Waals surface area contributed by atoms with Crippen molar-refractivity contribution in [2.24, 2.45) is 5.92 Å². The standard InChI is InChI=1S/C7H13O2P/c1-3-6-5-7(6)10(8,9)4-2/h3,6-7H,1,4-5H2,2H3,(H,8,9)/t6-,7+/m1/s1. The van der Waals surface area contributed by atoms with E-state index in [1.165, 1.54) is 0 Å². The SMILES string of the molecule is C=C[C@@H]1C[C@@H]1P(=O)(O)CC. The molecule has 0 saturated heterocycles. The maximum Gasteiger partial charge on any atom is 0.203 e. The Morgan fingerprint density at radius 2 is 2.50 bits per heavy atom. The van der Waals surface area contributed by atoms with Crippen LogP contribution >= 0.6 is 7.37 Å². The van der Waals surface area contributed by atoms with Crippen LogP contribution < -0.4 is 0 Å². The Balaban J connectivity index is 2.53. The molecule has 0 radical (unpaired) electrons.